The monoisotopic (exact) mass is 828 g/mol. The number of rotatable bonds is 3. The molecule has 0 rings (SSSR count). The van der Waals surface area contributed by atoms with Crippen molar-refractivity contribution < 1.29 is 72.2 Å². The third-order valence-electron chi connectivity index (χ3n) is 1.22. The molecule has 0 saturated heterocycles. The summed E-state index contributed by atoms with van der Waals surface area (Å²) in [4.78, 5) is 8.81. The van der Waals surface area contributed by atoms with Gasteiger partial charge in [0.15, 0.2) is 0 Å². The summed E-state index contributed by atoms with van der Waals surface area (Å²) in [6.45, 7) is 20.5. The predicted molar refractivity (Wildman–Crippen MR) is 227 cm³/mol. The van der Waals surface area contributed by atoms with Gasteiger partial charge in [-0.15, -0.1) is 5.60 Å². The number of aldehydes is 1. The molecule has 41 heavy (non-hydrogen) atoms. The van der Waals surface area contributed by atoms with Gasteiger partial charge < -0.3 is 19.4 Å². The topological polar surface area (TPSA) is 58.6 Å². The summed E-state index contributed by atoms with van der Waals surface area (Å²) in [5.41, 5.74) is -0.750. The molecule has 4 nitrogen and oxygen atoms in total. The Hall–Kier alpha value is 3.61. The van der Waals surface area contributed by atoms with Crippen molar-refractivity contribution in [3.05, 3.63) is 0 Å². The second-order valence-electron chi connectivity index (χ2n) is 5.69. The summed E-state index contributed by atoms with van der Waals surface area (Å²) in [6, 6.07) is 0. The fraction of sp³-hybridized carbons (Fsp3) is 0.960. The van der Waals surface area contributed by atoms with Gasteiger partial charge in [0, 0.05) is 136 Å². The van der Waals surface area contributed by atoms with Crippen molar-refractivity contribution in [2.45, 2.75) is 139 Å². The van der Waals surface area contributed by atoms with Crippen LogP contribution in [0, 0.1) is 0 Å². The van der Waals surface area contributed by atoms with Crippen molar-refractivity contribution in [3.8, 4) is 0 Å². The Morgan fingerprint density at radius 1 is 0.659 bits per heavy atom. The molecule has 0 amide bonds. The fourth-order valence-corrected chi connectivity index (χ4v) is 8.27. The van der Waals surface area contributed by atoms with Crippen molar-refractivity contribution in [1.29, 1.82) is 0 Å². The van der Waals surface area contributed by atoms with Crippen LogP contribution < -0.4 is 56.5 Å². The van der Waals surface area contributed by atoms with E-state index in [1.807, 2.05) is 13.8 Å². The SMILES string of the molecule is C.C.C.C.C.C.CC(C)(C)[O-].CC=O.CCC.CCCC.CCOC.CCOC.S=S=S=S.S=S=S=S=S=S=S.[HH].[K+]. The molecule has 0 heterocycles. The maximum Gasteiger partial charge on any atom is 1.00 e. The first-order chi connectivity index (χ1) is 15.9. The molecule has 0 aliphatic heterocycles. The zero-order valence-corrected chi connectivity index (χ0v) is 35.8. The first kappa shape index (κ1) is 96.8. The normalized spacial score (nSPS) is 5.98. The number of carbonyl (C=O) groups is 1. The molecule has 0 aliphatic carbocycles. The second kappa shape index (κ2) is 131. The molecule has 0 fully saturated rings. The molecular weight excluding hydrogens is 756 g/mol. The molecule has 0 saturated carbocycles. The van der Waals surface area contributed by atoms with Crippen LogP contribution in [0.5, 0.6) is 0 Å². The number of hydrogen-bond donors (Lipinski definition) is 0. The van der Waals surface area contributed by atoms with E-state index in [-0.39, 0.29) is 97.4 Å². The molecular formula is C25H73KO4S11. The summed E-state index contributed by atoms with van der Waals surface area (Å²) in [5, 5.41) is 10.1. The van der Waals surface area contributed by atoms with E-state index < -0.39 is 5.60 Å². The van der Waals surface area contributed by atoms with E-state index in [4.69, 9.17) is 4.79 Å². The minimum atomic E-state index is -0.750. The largest absolute Gasteiger partial charge is 1.00 e. The van der Waals surface area contributed by atoms with Gasteiger partial charge in [0.2, 0.25) is 0 Å². The smallest absolute Gasteiger partial charge is 0.850 e. The van der Waals surface area contributed by atoms with Crippen LogP contribution in [-0.4, -0.2) is 39.3 Å². The molecule has 0 aliphatic rings. The molecule has 264 valence electrons. The van der Waals surface area contributed by atoms with Crippen molar-refractivity contribution in [2.75, 3.05) is 27.4 Å². The van der Waals surface area contributed by atoms with Gasteiger partial charge in [-0.25, -0.2) is 0 Å². The van der Waals surface area contributed by atoms with E-state index in [0.29, 0.717) is 0 Å². The fourth-order valence-electron chi connectivity index (χ4n) is 0.0340. The van der Waals surface area contributed by atoms with E-state index >= 15 is 0 Å². The van der Waals surface area contributed by atoms with E-state index in [1.54, 1.807) is 61.6 Å². The summed E-state index contributed by atoms with van der Waals surface area (Å²) >= 11 is 17.8. The Balaban J connectivity index is -0.0000000130. The molecule has 0 aromatic carbocycles. The number of hydrogen-bond acceptors (Lipinski definition) is 8. The Morgan fingerprint density at radius 2 is 0.805 bits per heavy atom. The Morgan fingerprint density at radius 3 is 0.854 bits per heavy atom. The molecule has 0 bridgehead atoms. The maximum absolute atomic E-state index is 10.1. The molecule has 0 spiro atoms. The van der Waals surface area contributed by atoms with Crippen LogP contribution >= 0.6 is 0 Å². The van der Waals surface area contributed by atoms with Crippen LogP contribution in [0.4, 0.5) is 0 Å². The van der Waals surface area contributed by atoms with Gasteiger partial charge in [0.1, 0.15) is 6.29 Å². The third-order valence-corrected chi connectivity index (χ3v) is 12.3. The van der Waals surface area contributed by atoms with Crippen LogP contribution in [0.25, 0.3) is 0 Å². The van der Waals surface area contributed by atoms with Gasteiger partial charge in [-0.05, 0) is 20.8 Å². The minimum absolute atomic E-state index is 0. The number of methoxy groups -OCH3 is 2. The number of unbranched alkanes of at least 4 members (excludes halogenated alkanes) is 1. The van der Waals surface area contributed by atoms with E-state index in [2.05, 4.69) is 81.9 Å². The van der Waals surface area contributed by atoms with Crippen LogP contribution in [-0.2, 0) is 121 Å². The Labute approximate surface area is 346 Å². The standard InChI is InChI=1S/C4H9O.C4H10.2C3H8O.C3H8.C2H4O.6CH4.K.S7.S4.H2/c1-4(2,3)5;3*1-3-4-2;1-3-2;1-2-3;;;;;;;;1-3-5-7-6-4-2;1-3-4-2;/h1-3H3;3-4H2,1-2H3;2*3H2,1-2H3;3H2,1-2H3;2H,1H3;6*1H4;;;;1H/q-1;;;;;;;;;;;;+1;;;. The second-order valence-corrected chi connectivity index (χ2v) is 18.1. The van der Waals surface area contributed by atoms with E-state index in [1.165, 1.54) is 61.7 Å². The van der Waals surface area contributed by atoms with Gasteiger partial charge in [-0.1, -0.05) is 112 Å². The summed E-state index contributed by atoms with van der Waals surface area (Å²) in [5.74, 6) is 0. The van der Waals surface area contributed by atoms with Gasteiger partial charge in [-0.2, -0.15) is 0 Å². The Kier molecular flexibility index (Phi) is 309. The van der Waals surface area contributed by atoms with Crippen molar-refractivity contribution in [1.82, 2.24) is 0 Å². The first-order valence-corrected chi connectivity index (χ1v) is 22.2. The maximum atomic E-state index is 10.1. The van der Waals surface area contributed by atoms with Crippen LogP contribution in [0.1, 0.15) is 134 Å². The van der Waals surface area contributed by atoms with Gasteiger partial charge in [0.05, 0.1) is 0 Å². The summed E-state index contributed by atoms with van der Waals surface area (Å²) in [7, 11) is 13.1. The van der Waals surface area contributed by atoms with Crippen LogP contribution in [0.15, 0.2) is 0 Å². The molecule has 16 heteroatoms. The molecule has 0 radical (unpaired) electrons. The molecule has 0 N–H and O–H groups in total. The minimum Gasteiger partial charge on any atom is -0.850 e. The van der Waals surface area contributed by atoms with Gasteiger partial charge in [-0.3, -0.25) is 0 Å². The summed E-state index contributed by atoms with van der Waals surface area (Å²) in [6.07, 6.45) is 4.64. The quantitative estimate of drug-likeness (QED) is 0.257. The average Bonchev–Trinajstić information content (AvgIpc) is 2.80. The van der Waals surface area contributed by atoms with Crippen LogP contribution in [0.2, 0.25) is 0 Å². The molecule has 0 aromatic heterocycles. The zero-order chi connectivity index (χ0) is 29.1. The van der Waals surface area contributed by atoms with E-state index in [0.717, 1.165) is 19.5 Å². The number of carbonyl (C=O) groups excluding carboxylic acids is 1. The summed E-state index contributed by atoms with van der Waals surface area (Å²) < 4.78 is 9.08. The van der Waals surface area contributed by atoms with Crippen molar-refractivity contribution in [3.63, 3.8) is 0 Å². The Bertz CT molecular complexity index is 550. The van der Waals surface area contributed by atoms with Gasteiger partial charge in [0.25, 0.3) is 0 Å². The molecule has 0 unspecified atom stereocenters. The van der Waals surface area contributed by atoms with Crippen LogP contribution in [0.3, 0.4) is 0 Å². The first-order valence-electron chi connectivity index (χ1n) is 10.2. The van der Waals surface area contributed by atoms with Crippen molar-refractivity contribution in [2.24, 2.45) is 0 Å². The zero-order valence-electron chi connectivity index (χ0n) is 23.7. The molecule has 0 atom stereocenters. The third kappa shape index (κ3) is 560. The number of ether oxygens (including phenoxy) is 2. The van der Waals surface area contributed by atoms with Gasteiger partial charge >= 0.3 is 51.4 Å². The molecule has 0 aromatic rings. The predicted octanol–water partition coefficient (Wildman–Crippen LogP) is 5.92. The average molecular weight is 830 g/mol. The van der Waals surface area contributed by atoms with Crippen molar-refractivity contribution >= 4 is 113 Å². The van der Waals surface area contributed by atoms with E-state index in [9.17, 15) is 5.11 Å².